The summed E-state index contributed by atoms with van der Waals surface area (Å²) in [5.74, 6) is 0.898. The highest BCUT2D eigenvalue weighted by molar-refractivity contribution is 5.76. The van der Waals surface area contributed by atoms with Crippen LogP contribution in [0, 0.1) is 6.92 Å². The van der Waals surface area contributed by atoms with E-state index in [4.69, 9.17) is 4.42 Å². The molecule has 0 saturated heterocycles. The summed E-state index contributed by atoms with van der Waals surface area (Å²) >= 11 is 0. The van der Waals surface area contributed by atoms with Crippen LogP contribution in [0.4, 0.5) is 0 Å². The summed E-state index contributed by atoms with van der Waals surface area (Å²) in [5.41, 5.74) is 3.00. The van der Waals surface area contributed by atoms with Crippen LogP contribution >= 0.6 is 0 Å². The molecule has 1 amide bonds. The van der Waals surface area contributed by atoms with E-state index in [0.717, 1.165) is 16.7 Å². The minimum absolute atomic E-state index is 0.0533. The Morgan fingerprint density at radius 1 is 1.12 bits per heavy atom. The summed E-state index contributed by atoms with van der Waals surface area (Å²) in [7, 11) is 0. The molecular weight excluding hydrogens is 304 g/mol. The molecule has 0 aliphatic heterocycles. The summed E-state index contributed by atoms with van der Waals surface area (Å²) in [6.07, 6.45) is 4.13. The molecule has 0 atom stereocenters. The second kappa shape index (κ2) is 7.50. The number of nitrogens with one attached hydrogen (secondary N) is 1. The Kier molecular flexibility index (Phi) is 4.96. The number of nitrogens with zero attached hydrogens (tertiary/aromatic N) is 3. The third-order valence-electron chi connectivity index (χ3n) is 3.65. The van der Waals surface area contributed by atoms with Crippen molar-refractivity contribution in [1.29, 1.82) is 0 Å². The second-order valence-electron chi connectivity index (χ2n) is 5.45. The molecule has 1 N–H and O–H groups in total. The monoisotopic (exact) mass is 322 g/mol. The van der Waals surface area contributed by atoms with Crippen LogP contribution in [0.1, 0.15) is 23.4 Å². The number of benzene rings is 1. The zero-order valence-corrected chi connectivity index (χ0v) is 13.4. The van der Waals surface area contributed by atoms with E-state index in [1.807, 2.05) is 43.3 Å². The zero-order chi connectivity index (χ0) is 16.8. The van der Waals surface area contributed by atoms with Crippen LogP contribution in [-0.4, -0.2) is 21.1 Å². The lowest BCUT2D eigenvalue weighted by Gasteiger charge is -2.03. The summed E-state index contributed by atoms with van der Waals surface area (Å²) in [4.78, 5) is 15.8. The lowest BCUT2D eigenvalue weighted by atomic mass is 10.1. The summed E-state index contributed by atoms with van der Waals surface area (Å²) < 4.78 is 5.65. The Hall–Kier alpha value is -3.02. The van der Waals surface area contributed by atoms with Gasteiger partial charge in [-0.3, -0.25) is 9.78 Å². The normalized spacial score (nSPS) is 10.5. The van der Waals surface area contributed by atoms with Crippen molar-refractivity contribution in [2.75, 3.05) is 0 Å². The maximum atomic E-state index is 11.9. The molecule has 3 aromatic rings. The first-order chi connectivity index (χ1) is 11.7. The van der Waals surface area contributed by atoms with E-state index in [0.29, 0.717) is 31.2 Å². The molecule has 122 valence electrons. The molecule has 0 spiro atoms. The quantitative estimate of drug-likeness (QED) is 0.754. The lowest BCUT2D eigenvalue weighted by Crippen LogP contribution is -2.23. The molecule has 6 nitrogen and oxygen atoms in total. The zero-order valence-electron chi connectivity index (χ0n) is 13.4. The highest BCUT2D eigenvalue weighted by Crippen LogP contribution is 2.21. The van der Waals surface area contributed by atoms with Crippen molar-refractivity contribution in [3.05, 3.63) is 65.8 Å². The molecule has 0 saturated carbocycles. The average molecular weight is 322 g/mol. The topological polar surface area (TPSA) is 80.9 Å². The molecule has 2 heterocycles. The number of hydrogen-bond acceptors (Lipinski definition) is 5. The third-order valence-corrected chi connectivity index (χ3v) is 3.65. The second-order valence-corrected chi connectivity index (χ2v) is 5.45. The van der Waals surface area contributed by atoms with Crippen LogP contribution in [0.3, 0.4) is 0 Å². The highest BCUT2D eigenvalue weighted by atomic mass is 16.4. The fraction of sp³-hybridized carbons (Fsp3) is 0.222. The standard InChI is InChI=1S/C18H18N4O2/c1-13-4-2-3-5-15(13)18-22-21-17(24-18)7-6-16(23)20-12-14-8-10-19-11-9-14/h2-5,8-11H,6-7,12H2,1H3,(H,20,23). The van der Waals surface area contributed by atoms with Crippen molar-refractivity contribution in [3.8, 4) is 11.5 Å². The maximum absolute atomic E-state index is 11.9. The first-order valence-electron chi connectivity index (χ1n) is 7.76. The van der Waals surface area contributed by atoms with Crippen molar-refractivity contribution in [3.63, 3.8) is 0 Å². The number of rotatable bonds is 6. The van der Waals surface area contributed by atoms with Gasteiger partial charge in [-0.1, -0.05) is 18.2 Å². The van der Waals surface area contributed by atoms with Gasteiger partial charge in [0.15, 0.2) is 0 Å². The van der Waals surface area contributed by atoms with Crippen molar-refractivity contribution in [1.82, 2.24) is 20.5 Å². The van der Waals surface area contributed by atoms with Crippen molar-refractivity contribution >= 4 is 5.91 Å². The van der Waals surface area contributed by atoms with E-state index in [1.165, 1.54) is 0 Å². The minimum atomic E-state index is -0.0533. The average Bonchev–Trinajstić information content (AvgIpc) is 3.08. The van der Waals surface area contributed by atoms with Gasteiger partial charge in [0.2, 0.25) is 17.7 Å². The van der Waals surface area contributed by atoms with E-state index in [2.05, 4.69) is 20.5 Å². The fourth-order valence-electron chi connectivity index (χ4n) is 2.29. The number of carbonyl (C=O) groups excluding carboxylic acids is 1. The third kappa shape index (κ3) is 4.04. The van der Waals surface area contributed by atoms with Gasteiger partial charge in [0, 0.05) is 37.3 Å². The van der Waals surface area contributed by atoms with Gasteiger partial charge < -0.3 is 9.73 Å². The van der Waals surface area contributed by atoms with Crippen LogP contribution in [0.25, 0.3) is 11.5 Å². The van der Waals surface area contributed by atoms with Gasteiger partial charge in [0.1, 0.15) is 0 Å². The molecule has 0 unspecified atom stereocenters. The molecule has 6 heteroatoms. The first kappa shape index (κ1) is 15.9. The lowest BCUT2D eigenvalue weighted by molar-refractivity contribution is -0.121. The van der Waals surface area contributed by atoms with Gasteiger partial charge in [-0.15, -0.1) is 10.2 Å². The van der Waals surface area contributed by atoms with E-state index >= 15 is 0 Å². The number of carbonyl (C=O) groups is 1. The largest absolute Gasteiger partial charge is 0.421 e. The predicted octanol–water partition coefficient (Wildman–Crippen LogP) is 2.69. The van der Waals surface area contributed by atoms with Crippen LogP contribution < -0.4 is 5.32 Å². The molecule has 0 aliphatic carbocycles. The fourth-order valence-corrected chi connectivity index (χ4v) is 2.29. The van der Waals surface area contributed by atoms with Crippen LogP contribution in [0.2, 0.25) is 0 Å². The number of aromatic nitrogens is 3. The van der Waals surface area contributed by atoms with Gasteiger partial charge in [-0.2, -0.15) is 0 Å². The molecular formula is C18H18N4O2. The number of hydrogen-bond donors (Lipinski definition) is 1. The molecule has 3 rings (SSSR count). The molecule has 0 fully saturated rings. The summed E-state index contributed by atoms with van der Waals surface area (Å²) in [5, 5.41) is 10.9. The summed E-state index contributed by atoms with van der Waals surface area (Å²) in [6.45, 7) is 2.48. The van der Waals surface area contributed by atoms with Crippen molar-refractivity contribution in [2.24, 2.45) is 0 Å². The SMILES string of the molecule is Cc1ccccc1-c1nnc(CCC(=O)NCc2ccncc2)o1. The van der Waals surface area contributed by atoms with Crippen molar-refractivity contribution in [2.45, 2.75) is 26.3 Å². The number of pyridine rings is 1. The molecule has 2 aromatic heterocycles. The van der Waals surface area contributed by atoms with Gasteiger partial charge in [0.05, 0.1) is 0 Å². The Bertz CT molecular complexity index is 815. The van der Waals surface area contributed by atoms with Gasteiger partial charge in [-0.25, -0.2) is 0 Å². The van der Waals surface area contributed by atoms with Crippen LogP contribution in [-0.2, 0) is 17.8 Å². The van der Waals surface area contributed by atoms with E-state index < -0.39 is 0 Å². The van der Waals surface area contributed by atoms with Gasteiger partial charge >= 0.3 is 0 Å². The van der Waals surface area contributed by atoms with Crippen LogP contribution in [0.5, 0.6) is 0 Å². The Balaban J connectivity index is 1.52. The smallest absolute Gasteiger partial charge is 0.247 e. The van der Waals surface area contributed by atoms with Crippen LogP contribution in [0.15, 0.2) is 53.2 Å². The first-order valence-corrected chi connectivity index (χ1v) is 7.76. The molecule has 0 radical (unpaired) electrons. The molecule has 24 heavy (non-hydrogen) atoms. The Morgan fingerprint density at radius 2 is 1.92 bits per heavy atom. The van der Waals surface area contributed by atoms with Gasteiger partial charge in [-0.05, 0) is 36.2 Å². The Labute approximate surface area is 140 Å². The van der Waals surface area contributed by atoms with E-state index in [9.17, 15) is 4.79 Å². The minimum Gasteiger partial charge on any atom is -0.421 e. The summed E-state index contributed by atoms with van der Waals surface area (Å²) in [6, 6.07) is 11.6. The molecule has 0 bridgehead atoms. The van der Waals surface area contributed by atoms with Crippen molar-refractivity contribution < 1.29 is 9.21 Å². The maximum Gasteiger partial charge on any atom is 0.247 e. The molecule has 0 aliphatic rings. The molecule has 1 aromatic carbocycles. The highest BCUT2D eigenvalue weighted by Gasteiger charge is 2.11. The Morgan fingerprint density at radius 3 is 2.71 bits per heavy atom. The number of aryl methyl sites for hydroxylation is 2. The van der Waals surface area contributed by atoms with E-state index in [1.54, 1.807) is 12.4 Å². The number of amides is 1. The van der Waals surface area contributed by atoms with Gasteiger partial charge in [0.25, 0.3) is 0 Å². The van der Waals surface area contributed by atoms with E-state index in [-0.39, 0.29) is 5.91 Å². The predicted molar refractivity (Wildman–Crippen MR) is 88.9 cm³/mol.